The molecule has 64 valence electrons. The highest BCUT2D eigenvalue weighted by Crippen LogP contribution is 2.08. The maximum absolute atomic E-state index is 9.90. The van der Waals surface area contributed by atoms with Crippen molar-refractivity contribution in [1.82, 2.24) is 10.3 Å². The van der Waals surface area contributed by atoms with E-state index in [4.69, 9.17) is 10.1 Å². The molecule has 1 aliphatic heterocycles. The Bertz CT molecular complexity index is 125. The molecule has 0 bridgehead atoms. The van der Waals surface area contributed by atoms with Crippen LogP contribution in [0.3, 0.4) is 0 Å². The summed E-state index contributed by atoms with van der Waals surface area (Å²) < 4.78 is 0. The van der Waals surface area contributed by atoms with Gasteiger partial charge in [-0.2, -0.15) is 10.0 Å². The van der Waals surface area contributed by atoms with Crippen molar-refractivity contribution in [3.63, 3.8) is 0 Å². The minimum atomic E-state index is 0.186. The van der Waals surface area contributed by atoms with Gasteiger partial charge in [0.25, 0.3) is 6.41 Å². The first kappa shape index (κ1) is 8.45. The first-order valence-corrected chi connectivity index (χ1v) is 3.69. The van der Waals surface area contributed by atoms with Crippen LogP contribution in [0.2, 0.25) is 0 Å². The van der Waals surface area contributed by atoms with Crippen LogP contribution in [0.15, 0.2) is 0 Å². The highest BCUT2D eigenvalue weighted by atomic mass is 17.0. The van der Waals surface area contributed by atoms with Crippen molar-refractivity contribution in [2.45, 2.75) is 19.3 Å². The number of hydrogen-bond acceptors (Lipinski definition) is 4. The number of nitrogens with zero attached hydrogens (tertiary/aromatic N) is 2. The average Bonchev–Trinajstić information content (AvgIpc) is 2.06. The minimum absolute atomic E-state index is 0.186. The Kier molecular flexibility index (Phi) is 3.28. The highest BCUT2D eigenvalue weighted by Gasteiger charge is 2.12. The Morgan fingerprint density at radius 2 is 2.00 bits per heavy atom. The van der Waals surface area contributed by atoms with E-state index in [9.17, 15) is 4.79 Å². The zero-order valence-electron chi connectivity index (χ0n) is 6.27. The van der Waals surface area contributed by atoms with E-state index in [1.165, 1.54) is 6.42 Å². The lowest BCUT2D eigenvalue weighted by Crippen LogP contribution is -2.36. The van der Waals surface area contributed by atoms with Gasteiger partial charge in [-0.3, -0.25) is 10.0 Å². The van der Waals surface area contributed by atoms with Crippen LogP contribution in [-0.4, -0.2) is 35.0 Å². The molecule has 1 aliphatic rings. The Hall–Kier alpha value is -0.650. The van der Waals surface area contributed by atoms with Gasteiger partial charge in [0.15, 0.2) is 0 Å². The zero-order chi connectivity index (χ0) is 8.10. The van der Waals surface area contributed by atoms with Crippen molar-refractivity contribution in [3.8, 4) is 0 Å². The van der Waals surface area contributed by atoms with E-state index in [1.54, 1.807) is 5.06 Å². The molecule has 0 atom stereocenters. The van der Waals surface area contributed by atoms with Gasteiger partial charge < -0.3 is 0 Å². The molecule has 1 fully saturated rings. The van der Waals surface area contributed by atoms with Gasteiger partial charge in [0.1, 0.15) is 0 Å². The van der Waals surface area contributed by atoms with Crippen LogP contribution in [0.25, 0.3) is 0 Å². The van der Waals surface area contributed by atoms with Gasteiger partial charge >= 0.3 is 0 Å². The molecule has 0 aliphatic carbocycles. The van der Waals surface area contributed by atoms with Crippen molar-refractivity contribution in [2.75, 3.05) is 13.1 Å². The standard InChI is InChI=1S/C6H12N2O3/c9-6-8(10)11-7-4-2-1-3-5-7/h6,10H,1-5H2. The summed E-state index contributed by atoms with van der Waals surface area (Å²) in [5.74, 6) is 0. The molecule has 1 saturated heterocycles. The van der Waals surface area contributed by atoms with Crippen LogP contribution in [0.4, 0.5) is 0 Å². The van der Waals surface area contributed by atoms with Gasteiger partial charge in [0.2, 0.25) is 0 Å². The molecule has 0 radical (unpaired) electrons. The van der Waals surface area contributed by atoms with Crippen molar-refractivity contribution in [2.24, 2.45) is 0 Å². The number of hydrogen-bond donors (Lipinski definition) is 1. The zero-order valence-corrected chi connectivity index (χ0v) is 6.27. The lowest BCUT2D eigenvalue weighted by Gasteiger charge is -2.25. The Morgan fingerprint density at radius 1 is 1.36 bits per heavy atom. The van der Waals surface area contributed by atoms with E-state index in [0.29, 0.717) is 0 Å². The number of carbonyl (C=O) groups is 1. The van der Waals surface area contributed by atoms with Crippen LogP contribution in [0, 0.1) is 0 Å². The second kappa shape index (κ2) is 4.27. The average molecular weight is 160 g/mol. The summed E-state index contributed by atoms with van der Waals surface area (Å²) in [7, 11) is 0. The van der Waals surface area contributed by atoms with Crippen LogP contribution >= 0.6 is 0 Å². The van der Waals surface area contributed by atoms with E-state index >= 15 is 0 Å². The fraction of sp³-hybridized carbons (Fsp3) is 0.833. The molecule has 1 rings (SSSR count). The minimum Gasteiger partial charge on any atom is -0.274 e. The van der Waals surface area contributed by atoms with Gasteiger partial charge in [-0.15, -0.1) is 0 Å². The molecule has 5 heteroatoms. The van der Waals surface area contributed by atoms with E-state index in [1.807, 2.05) is 0 Å². The van der Waals surface area contributed by atoms with Gasteiger partial charge in [-0.25, -0.2) is 0 Å². The molecule has 1 N–H and O–H groups in total. The van der Waals surface area contributed by atoms with Crippen LogP contribution in [0.5, 0.6) is 0 Å². The molecule has 11 heavy (non-hydrogen) atoms. The predicted octanol–water partition coefficient (Wildman–Crippen LogP) is 0.166. The topological polar surface area (TPSA) is 53.0 Å². The van der Waals surface area contributed by atoms with Crippen LogP contribution in [-0.2, 0) is 9.73 Å². The molecule has 0 aromatic carbocycles. The quantitative estimate of drug-likeness (QED) is 0.363. The predicted molar refractivity (Wildman–Crippen MR) is 36.2 cm³/mol. The van der Waals surface area contributed by atoms with Gasteiger partial charge in [0.05, 0.1) is 0 Å². The normalized spacial score (nSPS) is 19.7. The van der Waals surface area contributed by atoms with Crippen molar-refractivity contribution in [3.05, 3.63) is 0 Å². The summed E-state index contributed by atoms with van der Waals surface area (Å²) >= 11 is 0. The molecule has 0 aromatic heterocycles. The number of carbonyl (C=O) groups excluding carboxylic acids is 1. The fourth-order valence-corrected chi connectivity index (χ4v) is 1.08. The molecular weight excluding hydrogens is 148 g/mol. The van der Waals surface area contributed by atoms with E-state index in [2.05, 4.69) is 0 Å². The lowest BCUT2D eigenvalue weighted by molar-refractivity contribution is -0.409. The van der Waals surface area contributed by atoms with E-state index in [0.717, 1.165) is 25.9 Å². The summed E-state index contributed by atoms with van der Waals surface area (Å²) in [6.45, 7) is 1.54. The molecule has 5 nitrogen and oxygen atoms in total. The molecular formula is C6H12N2O3. The van der Waals surface area contributed by atoms with Crippen molar-refractivity contribution < 1.29 is 14.9 Å². The number of hydroxylamine groups is 4. The van der Waals surface area contributed by atoms with Gasteiger partial charge in [0, 0.05) is 13.1 Å². The third-order valence-corrected chi connectivity index (χ3v) is 1.60. The first-order valence-electron chi connectivity index (χ1n) is 3.69. The summed E-state index contributed by atoms with van der Waals surface area (Å²) in [6.07, 6.45) is 3.50. The maximum Gasteiger partial charge on any atom is 0.263 e. The molecule has 0 unspecified atom stereocenters. The molecule has 0 saturated carbocycles. The third kappa shape index (κ3) is 2.83. The number of piperidine rings is 1. The second-order valence-electron chi connectivity index (χ2n) is 2.48. The Labute approximate surface area is 65.0 Å². The first-order chi connectivity index (χ1) is 5.33. The lowest BCUT2D eigenvalue weighted by atomic mass is 10.2. The van der Waals surface area contributed by atoms with Gasteiger partial charge in [-0.05, 0) is 12.8 Å². The summed E-state index contributed by atoms with van der Waals surface area (Å²) in [4.78, 5) is 14.6. The molecule has 1 amide bonds. The second-order valence-corrected chi connectivity index (χ2v) is 2.48. The van der Waals surface area contributed by atoms with Crippen LogP contribution < -0.4 is 0 Å². The fourth-order valence-electron chi connectivity index (χ4n) is 1.08. The van der Waals surface area contributed by atoms with Gasteiger partial charge in [-0.1, -0.05) is 11.6 Å². The van der Waals surface area contributed by atoms with Crippen molar-refractivity contribution in [1.29, 1.82) is 0 Å². The summed E-state index contributed by atoms with van der Waals surface area (Å²) in [6, 6.07) is 0. The third-order valence-electron chi connectivity index (χ3n) is 1.60. The molecule has 0 spiro atoms. The smallest absolute Gasteiger partial charge is 0.263 e. The summed E-state index contributed by atoms with van der Waals surface area (Å²) in [5, 5.41) is 10.4. The number of amides is 1. The summed E-state index contributed by atoms with van der Waals surface area (Å²) in [5.41, 5.74) is 0. The SMILES string of the molecule is O=CN(O)ON1CCCCC1. The van der Waals surface area contributed by atoms with E-state index in [-0.39, 0.29) is 11.6 Å². The van der Waals surface area contributed by atoms with E-state index < -0.39 is 0 Å². The molecule has 1 heterocycles. The largest absolute Gasteiger partial charge is 0.274 e. The van der Waals surface area contributed by atoms with Crippen LogP contribution in [0.1, 0.15) is 19.3 Å². The van der Waals surface area contributed by atoms with Crippen molar-refractivity contribution >= 4 is 6.41 Å². The molecule has 0 aromatic rings. The highest BCUT2D eigenvalue weighted by molar-refractivity contribution is 5.42. The monoisotopic (exact) mass is 160 g/mol. The Balaban J connectivity index is 2.18. The Morgan fingerprint density at radius 3 is 2.55 bits per heavy atom. The number of rotatable bonds is 3. The maximum atomic E-state index is 9.90.